The van der Waals surface area contributed by atoms with Crippen molar-refractivity contribution in [2.75, 3.05) is 0 Å². The smallest absolute Gasteiger partial charge is 0.326 e. The highest BCUT2D eigenvalue weighted by atomic mass is 16.5. The van der Waals surface area contributed by atoms with Crippen molar-refractivity contribution in [3.63, 3.8) is 0 Å². The standard InChI is InChI=1S/C21H22N2O4/c1-11-21(2)12(7-8-27-11)9-16-18-14(13-5-3-4-6-15(13)22-18)10-17(19(24)25)23(16)20(21)26/h3-8,11-12,16-17,22H,9-10H2,1-2H3,(H,24,25)/t11-,12?,16?,17-,21?/m0/s1. The molecule has 2 aromatic rings. The Balaban J connectivity index is 1.71. The Morgan fingerprint density at radius 2 is 2.15 bits per heavy atom. The molecule has 27 heavy (non-hydrogen) atoms. The molecule has 1 saturated heterocycles. The van der Waals surface area contributed by atoms with Crippen LogP contribution in [0.2, 0.25) is 0 Å². The summed E-state index contributed by atoms with van der Waals surface area (Å²) >= 11 is 0. The maximum Gasteiger partial charge on any atom is 0.326 e. The van der Waals surface area contributed by atoms with Gasteiger partial charge in [0.15, 0.2) is 0 Å². The zero-order valence-corrected chi connectivity index (χ0v) is 15.3. The number of carbonyl (C=O) groups is 2. The predicted octanol–water partition coefficient (Wildman–Crippen LogP) is 3.01. The molecule has 3 aliphatic rings. The van der Waals surface area contributed by atoms with Gasteiger partial charge in [-0.1, -0.05) is 18.2 Å². The summed E-state index contributed by atoms with van der Waals surface area (Å²) in [5.41, 5.74) is 2.25. The molecule has 2 N–H and O–H groups in total. The maximum absolute atomic E-state index is 13.6. The minimum atomic E-state index is -0.953. The molecule has 6 heteroatoms. The van der Waals surface area contributed by atoms with Crippen LogP contribution in [0.1, 0.15) is 37.6 Å². The maximum atomic E-state index is 13.6. The average Bonchev–Trinajstić information content (AvgIpc) is 3.02. The van der Waals surface area contributed by atoms with Gasteiger partial charge in [0, 0.05) is 28.9 Å². The quantitative estimate of drug-likeness (QED) is 0.813. The average molecular weight is 366 g/mol. The Morgan fingerprint density at radius 1 is 1.37 bits per heavy atom. The van der Waals surface area contributed by atoms with E-state index in [1.165, 1.54) is 0 Å². The summed E-state index contributed by atoms with van der Waals surface area (Å²) in [4.78, 5) is 30.8. The second-order valence-electron chi connectivity index (χ2n) is 8.08. The lowest BCUT2D eigenvalue weighted by atomic mass is 9.64. The summed E-state index contributed by atoms with van der Waals surface area (Å²) in [6.45, 7) is 3.80. The first-order valence-electron chi connectivity index (χ1n) is 9.40. The fourth-order valence-corrected chi connectivity index (χ4v) is 5.17. The van der Waals surface area contributed by atoms with Gasteiger partial charge in [0.1, 0.15) is 12.1 Å². The van der Waals surface area contributed by atoms with E-state index < -0.39 is 17.4 Å². The monoisotopic (exact) mass is 366 g/mol. The van der Waals surface area contributed by atoms with E-state index in [9.17, 15) is 14.7 Å². The first-order chi connectivity index (χ1) is 12.9. The molecule has 0 aliphatic carbocycles. The number of rotatable bonds is 1. The summed E-state index contributed by atoms with van der Waals surface area (Å²) in [5.74, 6) is -1.06. The Hall–Kier alpha value is -2.76. The third-order valence-electron chi connectivity index (χ3n) is 6.91. The molecule has 4 heterocycles. The van der Waals surface area contributed by atoms with E-state index in [1.54, 1.807) is 11.2 Å². The highest BCUT2D eigenvalue weighted by Crippen LogP contribution is 2.53. The van der Waals surface area contributed by atoms with Gasteiger partial charge in [-0.15, -0.1) is 0 Å². The molecule has 1 aromatic carbocycles. The number of fused-ring (bicyclic) bond motifs is 6. The van der Waals surface area contributed by atoms with Crippen molar-refractivity contribution < 1.29 is 19.4 Å². The lowest BCUT2D eigenvalue weighted by Crippen LogP contribution is -2.63. The van der Waals surface area contributed by atoms with Gasteiger partial charge >= 0.3 is 5.97 Å². The molecule has 0 spiro atoms. The van der Waals surface area contributed by atoms with Gasteiger partial charge in [-0.2, -0.15) is 0 Å². The second-order valence-corrected chi connectivity index (χ2v) is 8.08. The fraction of sp³-hybridized carbons (Fsp3) is 0.429. The van der Waals surface area contributed by atoms with Gasteiger partial charge in [0.2, 0.25) is 5.91 Å². The number of aromatic amines is 1. The number of H-pyrrole nitrogens is 1. The first-order valence-corrected chi connectivity index (χ1v) is 9.40. The van der Waals surface area contributed by atoms with Gasteiger partial charge in [-0.25, -0.2) is 4.79 Å². The summed E-state index contributed by atoms with van der Waals surface area (Å²) in [5, 5.41) is 11.0. The molecule has 3 aliphatic heterocycles. The number of piperidine rings is 1. The summed E-state index contributed by atoms with van der Waals surface area (Å²) in [7, 11) is 0. The lowest BCUT2D eigenvalue weighted by Gasteiger charge is -2.54. The van der Waals surface area contributed by atoms with Crippen LogP contribution in [0.15, 0.2) is 36.6 Å². The molecule has 0 saturated carbocycles. The van der Waals surface area contributed by atoms with Gasteiger partial charge in [0.05, 0.1) is 17.7 Å². The number of nitrogens with one attached hydrogen (secondary N) is 1. The number of hydrogen-bond donors (Lipinski definition) is 2. The number of para-hydroxylation sites is 1. The number of carboxylic acid groups (broad SMARTS) is 1. The largest absolute Gasteiger partial charge is 0.498 e. The van der Waals surface area contributed by atoms with Crippen LogP contribution in [0.3, 0.4) is 0 Å². The summed E-state index contributed by atoms with van der Waals surface area (Å²) in [6, 6.07) is 6.82. The number of aromatic nitrogens is 1. The second kappa shape index (κ2) is 5.38. The number of ether oxygens (including phenoxy) is 1. The predicted molar refractivity (Wildman–Crippen MR) is 98.9 cm³/mol. The van der Waals surface area contributed by atoms with Crippen molar-refractivity contribution >= 4 is 22.8 Å². The van der Waals surface area contributed by atoms with Crippen LogP contribution in [0.4, 0.5) is 0 Å². The van der Waals surface area contributed by atoms with Crippen LogP contribution in [0.25, 0.3) is 10.9 Å². The number of allylic oxidation sites excluding steroid dienone is 1. The van der Waals surface area contributed by atoms with Crippen LogP contribution >= 0.6 is 0 Å². The van der Waals surface area contributed by atoms with E-state index in [4.69, 9.17) is 4.74 Å². The third-order valence-corrected chi connectivity index (χ3v) is 6.91. The molecule has 140 valence electrons. The Morgan fingerprint density at radius 3 is 2.93 bits per heavy atom. The fourth-order valence-electron chi connectivity index (χ4n) is 5.17. The van der Waals surface area contributed by atoms with E-state index in [0.717, 1.165) is 22.2 Å². The molecule has 6 nitrogen and oxygen atoms in total. The first kappa shape index (κ1) is 16.4. The van der Waals surface area contributed by atoms with Gasteiger partial charge in [-0.3, -0.25) is 4.79 Å². The minimum absolute atomic E-state index is 0.0156. The zero-order chi connectivity index (χ0) is 18.9. The van der Waals surface area contributed by atoms with Gasteiger partial charge in [0.25, 0.3) is 0 Å². The third kappa shape index (κ3) is 2.01. The number of carboxylic acids is 1. The number of carbonyl (C=O) groups excluding carboxylic acids is 1. The summed E-state index contributed by atoms with van der Waals surface area (Å²) < 4.78 is 5.63. The molecule has 1 amide bonds. The van der Waals surface area contributed by atoms with Crippen molar-refractivity contribution in [1.82, 2.24) is 9.88 Å². The molecule has 0 bridgehead atoms. The molecule has 3 unspecified atom stereocenters. The number of benzene rings is 1. The topological polar surface area (TPSA) is 82.6 Å². The number of aliphatic carboxylic acids is 1. The molecule has 0 radical (unpaired) electrons. The van der Waals surface area contributed by atoms with Crippen LogP contribution in [-0.2, 0) is 20.7 Å². The van der Waals surface area contributed by atoms with Crippen LogP contribution < -0.4 is 0 Å². The van der Waals surface area contributed by atoms with Crippen molar-refractivity contribution in [3.05, 3.63) is 47.9 Å². The number of nitrogens with zero attached hydrogens (tertiary/aromatic N) is 1. The van der Waals surface area contributed by atoms with Crippen molar-refractivity contribution in [3.8, 4) is 0 Å². The molecule has 5 rings (SSSR count). The summed E-state index contributed by atoms with van der Waals surface area (Å²) in [6.07, 6.45) is 4.36. The van der Waals surface area contributed by atoms with Crippen molar-refractivity contribution in [1.29, 1.82) is 0 Å². The van der Waals surface area contributed by atoms with E-state index in [-0.39, 0.29) is 24.0 Å². The number of amides is 1. The molecule has 1 aromatic heterocycles. The van der Waals surface area contributed by atoms with E-state index in [0.29, 0.717) is 12.8 Å². The van der Waals surface area contributed by atoms with E-state index in [2.05, 4.69) is 4.98 Å². The highest BCUT2D eigenvalue weighted by Gasteiger charge is 2.59. The molecule has 5 atom stereocenters. The van der Waals surface area contributed by atoms with Crippen molar-refractivity contribution in [2.24, 2.45) is 11.3 Å². The van der Waals surface area contributed by atoms with Crippen LogP contribution in [-0.4, -0.2) is 39.0 Å². The Bertz CT molecular complexity index is 993. The lowest BCUT2D eigenvalue weighted by molar-refractivity contribution is -0.175. The number of hydrogen-bond acceptors (Lipinski definition) is 3. The molecule has 1 fully saturated rings. The molecular weight excluding hydrogens is 344 g/mol. The van der Waals surface area contributed by atoms with Gasteiger partial charge < -0.3 is 19.7 Å². The van der Waals surface area contributed by atoms with Crippen molar-refractivity contribution in [2.45, 2.75) is 44.9 Å². The zero-order valence-electron chi connectivity index (χ0n) is 15.3. The van der Waals surface area contributed by atoms with E-state index in [1.807, 2.05) is 44.2 Å². The Labute approximate surface area is 156 Å². The minimum Gasteiger partial charge on any atom is -0.498 e. The van der Waals surface area contributed by atoms with E-state index >= 15 is 0 Å². The normalized spacial score (nSPS) is 34.6. The Kier molecular flexibility index (Phi) is 3.27. The highest BCUT2D eigenvalue weighted by molar-refractivity contribution is 5.93. The molecular formula is C21H22N2O4. The van der Waals surface area contributed by atoms with Crippen LogP contribution in [0, 0.1) is 11.3 Å². The van der Waals surface area contributed by atoms with Crippen LogP contribution in [0.5, 0.6) is 0 Å². The SMILES string of the molecule is C[C@@H]1OC=CC2CC3c4[nH]c5ccccc5c4C[C@@H](C(=O)O)N3C(=O)C21C. The van der Waals surface area contributed by atoms with Gasteiger partial charge in [-0.05, 0) is 38.0 Å².